The van der Waals surface area contributed by atoms with Gasteiger partial charge in [-0.2, -0.15) is 0 Å². The monoisotopic (exact) mass is 335 g/mol. The molecule has 1 aromatic heterocycles. The number of anilines is 1. The van der Waals surface area contributed by atoms with Crippen LogP contribution in [0.2, 0.25) is 0 Å². The van der Waals surface area contributed by atoms with Crippen molar-refractivity contribution in [3.05, 3.63) is 11.6 Å². The molecule has 5 nitrogen and oxygen atoms in total. The molecule has 2 N–H and O–H groups in total. The summed E-state index contributed by atoms with van der Waals surface area (Å²) in [5.41, 5.74) is 6.18. The van der Waals surface area contributed by atoms with E-state index in [1.807, 2.05) is 11.6 Å². The minimum Gasteiger partial charge on any atom is -0.370 e. The SMILES string of the molecule is NC(=NCCCC1CCCCC1)N1CCN(c2nccs2)CC1. The Balaban J connectivity index is 1.36. The number of hydrogen-bond acceptors (Lipinski definition) is 4. The average Bonchev–Trinajstić information content (AvgIpc) is 3.14. The number of hydrogen-bond donors (Lipinski definition) is 1. The molecule has 0 spiro atoms. The predicted octanol–water partition coefficient (Wildman–Crippen LogP) is 2.94. The lowest BCUT2D eigenvalue weighted by Crippen LogP contribution is -2.51. The lowest BCUT2D eigenvalue weighted by atomic mass is 9.86. The van der Waals surface area contributed by atoms with E-state index in [-0.39, 0.29) is 0 Å². The molecule has 1 aliphatic carbocycles. The Bertz CT molecular complexity index is 473. The normalized spacial score (nSPS) is 21.0. The van der Waals surface area contributed by atoms with Gasteiger partial charge < -0.3 is 15.5 Å². The quantitative estimate of drug-likeness (QED) is 0.511. The van der Waals surface area contributed by atoms with E-state index in [9.17, 15) is 0 Å². The first kappa shape index (κ1) is 16.6. The van der Waals surface area contributed by atoms with E-state index in [0.717, 1.165) is 49.7 Å². The minimum absolute atomic E-state index is 0.729. The Morgan fingerprint density at radius 3 is 2.70 bits per heavy atom. The lowest BCUT2D eigenvalue weighted by molar-refractivity contribution is 0.333. The van der Waals surface area contributed by atoms with Crippen molar-refractivity contribution in [1.29, 1.82) is 0 Å². The molecule has 0 amide bonds. The van der Waals surface area contributed by atoms with Crippen molar-refractivity contribution < 1.29 is 0 Å². The summed E-state index contributed by atoms with van der Waals surface area (Å²) in [7, 11) is 0. The summed E-state index contributed by atoms with van der Waals surface area (Å²) in [4.78, 5) is 13.5. The highest BCUT2D eigenvalue weighted by molar-refractivity contribution is 7.13. The third kappa shape index (κ3) is 4.83. The summed E-state index contributed by atoms with van der Waals surface area (Å²) in [6, 6.07) is 0. The highest BCUT2D eigenvalue weighted by atomic mass is 32.1. The second-order valence-electron chi connectivity index (χ2n) is 6.67. The maximum Gasteiger partial charge on any atom is 0.191 e. The first-order chi connectivity index (χ1) is 11.3. The van der Waals surface area contributed by atoms with E-state index in [2.05, 4.69) is 19.8 Å². The molecule has 0 atom stereocenters. The van der Waals surface area contributed by atoms with E-state index >= 15 is 0 Å². The van der Waals surface area contributed by atoms with Gasteiger partial charge in [0.25, 0.3) is 0 Å². The Hall–Kier alpha value is -1.30. The van der Waals surface area contributed by atoms with Gasteiger partial charge in [0.05, 0.1) is 0 Å². The summed E-state index contributed by atoms with van der Waals surface area (Å²) >= 11 is 1.70. The van der Waals surface area contributed by atoms with E-state index < -0.39 is 0 Å². The molecule has 6 heteroatoms. The average molecular weight is 336 g/mol. The zero-order valence-corrected chi connectivity index (χ0v) is 14.8. The van der Waals surface area contributed by atoms with Crippen molar-refractivity contribution in [3.63, 3.8) is 0 Å². The number of rotatable bonds is 5. The molecular weight excluding hydrogens is 306 g/mol. The molecular formula is C17H29N5S. The van der Waals surface area contributed by atoms with Gasteiger partial charge in [-0.15, -0.1) is 11.3 Å². The molecule has 128 valence electrons. The minimum atomic E-state index is 0.729. The number of thiazole rings is 1. The van der Waals surface area contributed by atoms with Gasteiger partial charge in [-0.25, -0.2) is 4.98 Å². The van der Waals surface area contributed by atoms with Crippen molar-refractivity contribution in [2.24, 2.45) is 16.6 Å². The fourth-order valence-electron chi connectivity index (χ4n) is 3.65. The van der Waals surface area contributed by atoms with Crippen LogP contribution >= 0.6 is 11.3 Å². The first-order valence-electron chi connectivity index (χ1n) is 9.02. The molecule has 0 aromatic carbocycles. The van der Waals surface area contributed by atoms with Gasteiger partial charge in [-0.3, -0.25) is 4.99 Å². The van der Waals surface area contributed by atoms with Gasteiger partial charge in [0.2, 0.25) is 0 Å². The zero-order valence-electron chi connectivity index (χ0n) is 14.0. The van der Waals surface area contributed by atoms with Gasteiger partial charge in [0.1, 0.15) is 0 Å². The van der Waals surface area contributed by atoms with Crippen LogP contribution in [0.3, 0.4) is 0 Å². The van der Waals surface area contributed by atoms with Gasteiger partial charge in [0.15, 0.2) is 11.1 Å². The largest absolute Gasteiger partial charge is 0.370 e. The second kappa shape index (κ2) is 8.52. The summed E-state index contributed by atoms with van der Waals surface area (Å²) < 4.78 is 0. The van der Waals surface area contributed by atoms with E-state index in [1.54, 1.807) is 11.3 Å². The van der Waals surface area contributed by atoms with E-state index in [0.29, 0.717) is 0 Å². The molecule has 23 heavy (non-hydrogen) atoms. The topological polar surface area (TPSA) is 57.8 Å². The summed E-state index contributed by atoms with van der Waals surface area (Å²) in [5.74, 6) is 1.68. The number of nitrogens with two attached hydrogens (primary N) is 1. The van der Waals surface area contributed by atoms with Crippen molar-refractivity contribution in [3.8, 4) is 0 Å². The van der Waals surface area contributed by atoms with Crippen molar-refractivity contribution in [2.45, 2.75) is 44.9 Å². The molecule has 3 rings (SSSR count). The lowest BCUT2D eigenvalue weighted by Gasteiger charge is -2.35. The smallest absolute Gasteiger partial charge is 0.191 e. The molecule has 2 heterocycles. The van der Waals surface area contributed by atoms with Crippen molar-refractivity contribution in [1.82, 2.24) is 9.88 Å². The van der Waals surface area contributed by atoms with E-state index in [4.69, 9.17) is 5.73 Å². The Morgan fingerprint density at radius 1 is 1.22 bits per heavy atom. The zero-order chi connectivity index (χ0) is 15.9. The first-order valence-corrected chi connectivity index (χ1v) is 9.90. The van der Waals surface area contributed by atoms with Crippen LogP contribution in [0.15, 0.2) is 16.6 Å². The molecule has 0 unspecified atom stereocenters. The van der Waals surface area contributed by atoms with Crippen LogP contribution < -0.4 is 10.6 Å². The fraction of sp³-hybridized carbons (Fsp3) is 0.765. The molecule has 1 aromatic rings. The third-order valence-corrected chi connectivity index (χ3v) is 5.89. The highest BCUT2D eigenvalue weighted by Crippen LogP contribution is 2.27. The number of piperazine rings is 1. The Labute approximate surface area is 143 Å². The van der Waals surface area contributed by atoms with Crippen molar-refractivity contribution in [2.75, 3.05) is 37.6 Å². The van der Waals surface area contributed by atoms with Crippen LogP contribution in [-0.2, 0) is 0 Å². The summed E-state index contributed by atoms with van der Waals surface area (Å²) in [5, 5.41) is 3.15. The molecule has 1 saturated heterocycles. The van der Waals surface area contributed by atoms with Crippen LogP contribution in [0.5, 0.6) is 0 Å². The second-order valence-corrected chi connectivity index (χ2v) is 7.55. The molecule has 1 saturated carbocycles. The Kier molecular flexibility index (Phi) is 6.13. The number of nitrogens with zero attached hydrogens (tertiary/aromatic N) is 4. The third-order valence-electron chi connectivity index (χ3n) is 5.06. The maximum atomic E-state index is 6.18. The number of guanidine groups is 1. The fourth-order valence-corrected chi connectivity index (χ4v) is 4.35. The van der Waals surface area contributed by atoms with Gasteiger partial charge in [-0.05, 0) is 18.8 Å². The molecule has 0 bridgehead atoms. The number of aliphatic imine (C=N–C) groups is 1. The van der Waals surface area contributed by atoms with Crippen LogP contribution in [0.25, 0.3) is 0 Å². The van der Waals surface area contributed by atoms with Crippen LogP contribution in [0.4, 0.5) is 5.13 Å². The summed E-state index contributed by atoms with van der Waals surface area (Å²) in [6.45, 7) is 4.72. The van der Waals surface area contributed by atoms with Gasteiger partial charge in [0, 0.05) is 44.3 Å². The summed E-state index contributed by atoms with van der Waals surface area (Å²) in [6.07, 6.45) is 11.5. The van der Waals surface area contributed by atoms with Crippen LogP contribution in [0.1, 0.15) is 44.9 Å². The van der Waals surface area contributed by atoms with Gasteiger partial charge >= 0.3 is 0 Å². The van der Waals surface area contributed by atoms with Gasteiger partial charge in [-0.1, -0.05) is 32.1 Å². The number of aromatic nitrogens is 1. The molecule has 2 fully saturated rings. The Morgan fingerprint density at radius 2 is 2.00 bits per heavy atom. The molecule has 2 aliphatic rings. The van der Waals surface area contributed by atoms with Crippen LogP contribution in [-0.4, -0.2) is 48.6 Å². The standard InChI is InChI=1S/C17H29N5S/c18-16(19-8-4-7-15-5-2-1-3-6-15)21-10-12-22(13-11-21)17-20-9-14-23-17/h9,14-15H,1-8,10-13H2,(H2,18,19). The van der Waals surface area contributed by atoms with E-state index in [1.165, 1.54) is 44.9 Å². The van der Waals surface area contributed by atoms with Crippen LogP contribution in [0, 0.1) is 5.92 Å². The molecule has 1 aliphatic heterocycles. The molecule has 0 radical (unpaired) electrons. The van der Waals surface area contributed by atoms with Crippen molar-refractivity contribution >= 4 is 22.4 Å². The maximum absolute atomic E-state index is 6.18. The highest BCUT2D eigenvalue weighted by Gasteiger charge is 2.19. The predicted molar refractivity (Wildman–Crippen MR) is 98.2 cm³/mol.